The van der Waals surface area contributed by atoms with Gasteiger partial charge < -0.3 is 39.4 Å². The average molecular weight is 472 g/mol. The molecule has 0 aromatic carbocycles. The second-order valence-corrected chi connectivity index (χ2v) is 8.34. The molecule has 2 heterocycles. The summed E-state index contributed by atoms with van der Waals surface area (Å²) in [7, 11) is 1.56. The number of aliphatic hydroxyl groups excluding tert-OH is 4. The van der Waals surface area contributed by atoms with E-state index in [0.29, 0.717) is 6.61 Å². The predicted octanol–water partition coefficient (Wildman–Crippen LogP) is -0.584. The highest BCUT2D eigenvalue weighted by molar-refractivity contribution is 5.72. The Balaban J connectivity index is 2.06. The van der Waals surface area contributed by atoms with E-state index >= 15 is 0 Å². The molecule has 33 heavy (non-hydrogen) atoms. The SMILES string of the molecule is C/C=C/C=C/C=C(\C)C1OCC(C)C(OC)C1OC(=O)CN[C@@H]1O[C@@H](CO)[C@@H](O)[C@H](O)[C@@H]1O. The summed E-state index contributed by atoms with van der Waals surface area (Å²) in [5.74, 6) is -0.646. The van der Waals surface area contributed by atoms with Crippen LogP contribution in [0.1, 0.15) is 20.8 Å². The van der Waals surface area contributed by atoms with Gasteiger partial charge in [-0.2, -0.15) is 0 Å². The number of rotatable bonds is 9. The second-order valence-electron chi connectivity index (χ2n) is 8.34. The number of hydrogen-bond acceptors (Lipinski definition) is 10. The van der Waals surface area contributed by atoms with Gasteiger partial charge in [-0.05, 0) is 19.4 Å². The van der Waals surface area contributed by atoms with E-state index in [1.165, 1.54) is 0 Å². The number of hydrogen-bond donors (Lipinski definition) is 5. The molecule has 2 fully saturated rings. The molecule has 5 N–H and O–H groups in total. The molecule has 0 aromatic rings. The van der Waals surface area contributed by atoms with Gasteiger partial charge in [0.05, 0.1) is 19.8 Å². The molecule has 2 aliphatic heterocycles. The zero-order chi connectivity index (χ0) is 24.5. The number of carbonyl (C=O) groups is 1. The number of methoxy groups -OCH3 is 1. The molecule has 10 heteroatoms. The zero-order valence-electron chi connectivity index (χ0n) is 19.5. The lowest BCUT2D eigenvalue weighted by Gasteiger charge is -2.41. The summed E-state index contributed by atoms with van der Waals surface area (Å²) in [5, 5.41) is 41.8. The third-order valence-corrected chi connectivity index (χ3v) is 5.82. The van der Waals surface area contributed by atoms with Crippen LogP contribution in [-0.4, -0.2) is 102 Å². The normalized spacial score (nSPS) is 38.2. The van der Waals surface area contributed by atoms with Gasteiger partial charge in [0, 0.05) is 13.0 Å². The van der Waals surface area contributed by atoms with Crippen LogP contribution in [0.4, 0.5) is 0 Å². The summed E-state index contributed by atoms with van der Waals surface area (Å²) >= 11 is 0. The van der Waals surface area contributed by atoms with Gasteiger partial charge in [-0.3, -0.25) is 10.1 Å². The highest BCUT2D eigenvalue weighted by Gasteiger charge is 2.44. The fourth-order valence-corrected chi connectivity index (χ4v) is 3.95. The van der Waals surface area contributed by atoms with E-state index in [4.69, 9.17) is 18.9 Å². The summed E-state index contributed by atoms with van der Waals surface area (Å²) < 4.78 is 22.7. The van der Waals surface area contributed by atoms with E-state index in [1.54, 1.807) is 7.11 Å². The quantitative estimate of drug-likeness (QED) is 0.218. The summed E-state index contributed by atoms with van der Waals surface area (Å²) in [6.07, 6.45) is 1.10. The van der Waals surface area contributed by atoms with Crippen molar-refractivity contribution in [1.29, 1.82) is 0 Å². The third-order valence-electron chi connectivity index (χ3n) is 5.82. The van der Waals surface area contributed by atoms with Crippen LogP contribution in [0.25, 0.3) is 0 Å². The monoisotopic (exact) mass is 471 g/mol. The van der Waals surface area contributed by atoms with Crippen LogP contribution in [0, 0.1) is 5.92 Å². The van der Waals surface area contributed by atoms with Crippen molar-refractivity contribution in [1.82, 2.24) is 5.32 Å². The van der Waals surface area contributed by atoms with Gasteiger partial charge in [0.2, 0.25) is 0 Å². The Kier molecular flexibility index (Phi) is 11.1. The van der Waals surface area contributed by atoms with Crippen LogP contribution in [0.5, 0.6) is 0 Å². The first-order valence-corrected chi connectivity index (χ1v) is 11.1. The van der Waals surface area contributed by atoms with Crippen molar-refractivity contribution in [2.24, 2.45) is 5.92 Å². The van der Waals surface area contributed by atoms with Gasteiger partial charge >= 0.3 is 5.97 Å². The minimum absolute atomic E-state index is 0.00572. The number of nitrogens with one attached hydrogen (secondary N) is 1. The van der Waals surface area contributed by atoms with Crippen LogP contribution in [0.3, 0.4) is 0 Å². The number of ether oxygens (including phenoxy) is 4. The first-order valence-electron chi connectivity index (χ1n) is 11.1. The Morgan fingerprint density at radius 3 is 2.48 bits per heavy atom. The van der Waals surface area contributed by atoms with Crippen LogP contribution >= 0.6 is 0 Å². The average Bonchev–Trinajstić information content (AvgIpc) is 2.80. The molecule has 0 aliphatic carbocycles. The second kappa shape index (κ2) is 13.3. The lowest BCUT2D eigenvalue weighted by molar-refractivity contribution is -0.237. The summed E-state index contributed by atoms with van der Waals surface area (Å²) in [5.41, 5.74) is 0.865. The fraction of sp³-hybridized carbons (Fsp3) is 0.696. The molecule has 10 nitrogen and oxygen atoms in total. The van der Waals surface area contributed by atoms with Gasteiger partial charge in [-0.15, -0.1) is 0 Å². The Labute approximate surface area is 194 Å². The maximum Gasteiger partial charge on any atom is 0.320 e. The number of esters is 1. The van der Waals surface area contributed by atoms with E-state index in [-0.39, 0.29) is 18.6 Å². The first-order chi connectivity index (χ1) is 15.7. The molecule has 0 saturated carbocycles. The minimum atomic E-state index is -1.54. The van der Waals surface area contributed by atoms with Crippen molar-refractivity contribution in [2.45, 2.75) is 69.7 Å². The van der Waals surface area contributed by atoms with Crippen LogP contribution in [0.15, 0.2) is 36.0 Å². The van der Waals surface area contributed by atoms with Gasteiger partial charge in [0.25, 0.3) is 0 Å². The molecule has 0 bridgehead atoms. The molecule has 0 spiro atoms. The molecule has 2 saturated heterocycles. The lowest BCUT2D eigenvalue weighted by Crippen LogP contribution is -2.63. The Morgan fingerprint density at radius 2 is 1.85 bits per heavy atom. The molecule has 2 aliphatic rings. The fourth-order valence-electron chi connectivity index (χ4n) is 3.95. The number of allylic oxidation sites excluding steroid dienone is 5. The first kappa shape index (κ1) is 27.6. The minimum Gasteiger partial charge on any atom is -0.455 e. The molecule has 0 amide bonds. The van der Waals surface area contributed by atoms with Crippen molar-refractivity contribution in [3.63, 3.8) is 0 Å². The van der Waals surface area contributed by atoms with Crippen molar-refractivity contribution in [3.05, 3.63) is 36.0 Å². The van der Waals surface area contributed by atoms with E-state index in [0.717, 1.165) is 5.57 Å². The van der Waals surface area contributed by atoms with Gasteiger partial charge in [-0.1, -0.05) is 37.3 Å². The topological polar surface area (TPSA) is 147 Å². The van der Waals surface area contributed by atoms with Crippen LogP contribution < -0.4 is 5.32 Å². The molecular weight excluding hydrogens is 434 g/mol. The number of aliphatic hydroxyl groups is 4. The Hall–Kier alpha value is -1.63. The van der Waals surface area contributed by atoms with E-state index in [2.05, 4.69) is 5.32 Å². The lowest BCUT2D eigenvalue weighted by atomic mass is 9.90. The summed E-state index contributed by atoms with van der Waals surface area (Å²) in [6.45, 7) is 5.30. The molecular formula is C23H37NO9. The van der Waals surface area contributed by atoms with Crippen LogP contribution in [-0.2, 0) is 23.7 Å². The maximum atomic E-state index is 12.7. The van der Waals surface area contributed by atoms with E-state index < -0.39 is 55.4 Å². The molecule has 9 atom stereocenters. The molecule has 2 rings (SSSR count). The van der Waals surface area contributed by atoms with Gasteiger partial charge in [0.15, 0.2) is 6.10 Å². The molecule has 0 aromatic heterocycles. The van der Waals surface area contributed by atoms with E-state index in [9.17, 15) is 25.2 Å². The highest BCUT2D eigenvalue weighted by atomic mass is 16.6. The molecule has 188 valence electrons. The van der Waals surface area contributed by atoms with Gasteiger partial charge in [-0.25, -0.2) is 0 Å². The smallest absolute Gasteiger partial charge is 0.320 e. The van der Waals surface area contributed by atoms with Crippen molar-refractivity contribution in [3.8, 4) is 0 Å². The van der Waals surface area contributed by atoms with E-state index in [1.807, 2.05) is 51.2 Å². The Bertz CT molecular complexity index is 708. The zero-order valence-corrected chi connectivity index (χ0v) is 19.5. The number of carbonyl (C=O) groups excluding carboxylic acids is 1. The summed E-state index contributed by atoms with van der Waals surface area (Å²) in [4.78, 5) is 12.7. The maximum absolute atomic E-state index is 12.7. The largest absolute Gasteiger partial charge is 0.455 e. The van der Waals surface area contributed by atoms with Crippen molar-refractivity contribution >= 4 is 5.97 Å². The Morgan fingerprint density at radius 1 is 1.12 bits per heavy atom. The highest BCUT2D eigenvalue weighted by Crippen LogP contribution is 2.29. The molecule has 4 unspecified atom stereocenters. The summed E-state index contributed by atoms with van der Waals surface area (Å²) in [6, 6.07) is 0. The molecule has 0 radical (unpaired) electrons. The van der Waals surface area contributed by atoms with Crippen molar-refractivity contribution < 1.29 is 44.2 Å². The standard InChI is InChI=1S/C23H37NO9/c1-5-6-7-8-9-13(2)21-22(20(30-4)14(3)12-31-21)33-16(26)10-24-23-19(29)18(28)17(27)15(11-25)32-23/h5-9,14-15,17-25,27-29H,10-12H2,1-4H3/b6-5+,8-7+,13-9+/t14?,15-,17+,18-,19-,20?,21?,22?,23+/m0/s1. The van der Waals surface area contributed by atoms with Crippen LogP contribution in [0.2, 0.25) is 0 Å². The predicted molar refractivity (Wildman–Crippen MR) is 119 cm³/mol. The van der Waals surface area contributed by atoms with Crippen molar-refractivity contribution in [2.75, 3.05) is 26.9 Å². The third kappa shape index (κ3) is 7.17. The van der Waals surface area contributed by atoms with Gasteiger partial charge in [0.1, 0.15) is 42.9 Å².